The number of benzene rings is 1. The average molecular weight is 303 g/mol. The van der Waals surface area contributed by atoms with E-state index in [-0.39, 0.29) is 22.0 Å². The van der Waals surface area contributed by atoms with E-state index in [1.165, 1.54) is 0 Å². The summed E-state index contributed by atoms with van der Waals surface area (Å²) >= 11 is 1.02. The van der Waals surface area contributed by atoms with E-state index < -0.39 is 11.2 Å². The van der Waals surface area contributed by atoms with Crippen LogP contribution in [0.3, 0.4) is 0 Å². The second kappa shape index (κ2) is 5.37. The van der Waals surface area contributed by atoms with Crippen molar-refractivity contribution >= 4 is 22.8 Å². The van der Waals surface area contributed by atoms with Gasteiger partial charge >= 0.3 is 5.69 Å². The first-order chi connectivity index (χ1) is 10.1. The lowest BCUT2D eigenvalue weighted by molar-refractivity contribution is 0.806. The molecule has 8 nitrogen and oxygen atoms in total. The lowest BCUT2D eigenvalue weighted by atomic mass is 10.3. The fraction of sp³-hybridized carbons (Fsp3) is 0.0833. The van der Waals surface area contributed by atoms with Crippen molar-refractivity contribution in [3.8, 4) is 0 Å². The Bertz CT molecular complexity index is 975. The van der Waals surface area contributed by atoms with Crippen LogP contribution in [0.15, 0.2) is 43.7 Å². The van der Waals surface area contributed by atoms with E-state index in [0.29, 0.717) is 11.0 Å². The largest absolute Gasteiger partial charge is 0.342 e. The maximum absolute atomic E-state index is 11.9. The number of nitrogens with one attached hydrogen (secondary N) is 3. The van der Waals surface area contributed by atoms with Gasteiger partial charge in [0, 0.05) is 5.75 Å². The number of fused-ring (bicyclic) bond motifs is 1. The molecule has 0 radical (unpaired) electrons. The number of para-hydroxylation sites is 2. The van der Waals surface area contributed by atoms with Gasteiger partial charge in [-0.15, -0.1) is 0 Å². The van der Waals surface area contributed by atoms with Crippen molar-refractivity contribution in [1.82, 2.24) is 25.1 Å². The molecule has 3 N–H and O–H groups in total. The van der Waals surface area contributed by atoms with Gasteiger partial charge in [-0.2, -0.15) is 5.10 Å². The molecule has 0 bridgehead atoms. The van der Waals surface area contributed by atoms with Crippen molar-refractivity contribution in [2.75, 3.05) is 0 Å². The highest BCUT2D eigenvalue weighted by atomic mass is 32.2. The van der Waals surface area contributed by atoms with E-state index in [2.05, 4.69) is 25.1 Å². The van der Waals surface area contributed by atoms with Crippen molar-refractivity contribution in [1.29, 1.82) is 0 Å². The third-order valence-corrected chi connectivity index (χ3v) is 3.66. The minimum Gasteiger partial charge on any atom is -0.319 e. The van der Waals surface area contributed by atoms with Crippen LogP contribution in [0.25, 0.3) is 11.0 Å². The lowest BCUT2D eigenvalue weighted by Gasteiger charge is -2.01. The molecule has 9 heteroatoms. The molecule has 21 heavy (non-hydrogen) atoms. The molecule has 0 aliphatic heterocycles. The molecule has 3 rings (SSSR count). The predicted molar refractivity (Wildman–Crippen MR) is 77.4 cm³/mol. The molecule has 2 aromatic heterocycles. The number of thioether (sulfide) groups is 1. The highest BCUT2D eigenvalue weighted by molar-refractivity contribution is 7.98. The average Bonchev–Trinajstić information content (AvgIpc) is 2.46. The number of hydrogen-bond acceptors (Lipinski definition) is 6. The standard InChI is InChI=1S/C12H9N5O3S/c18-9-8(13-6-3-1-2-4-7(6)14-9)5-21-11-10(19)15-12(20)17-16-11/h1-4H,5H2,(H,14,18)(H2,15,17,19,20). The minimum absolute atomic E-state index is 0.0731. The summed E-state index contributed by atoms with van der Waals surface area (Å²) in [6, 6.07) is 7.16. The van der Waals surface area contributed by atoms with Crippen molar-refractivity contribution in [3.63, 3.8) is 0 Å². The van der Waals surface area contributed by atoms with Gasteiger partial charge < -0.3 is 4.98 Å². The summed E-state index contributed by atoms with van der Waals surface area (Å²) in [5, 5.41) is 5.83. The summed E-state index contributed by atoms with van der Waals surface area (Å²) in [5.41, 5.74) is 0.00690. The summed E-state index contributed by atoms with van der Waals surface area (Å²) in [6.07, 6.45) is 0. The quantitative estimate of drug-likeness (QED) is 0.584. The summed E-state index contributed by atoms with van der Waals surface area (Å²) in [7, 11) is 0. The van der Waals surface area contributed by atoms with E-state index in [0.717, 1.165) is 11.8 Å². The molecule has 0 amide bonds. The Labute approximate surface area is 120 Å². The van der Waals surface area contributed by atoms with Crippen LogP contribution in [0.2, 0.25) is 0 Å². The molecule has 0 saturated carbocycles. The van der Waals surface area contributed by atoms with Crippen molar-refractivity contribution in [2.45, 2.75) is 10.8 Å². The lowest BCUT2D eigenvalue weighted by Crippen LogP contribution is -2.25. The van der Waals surface area contributed by atoms with E-state index in [1.807, 2.05) is 6.07 Å². The number of aromatic nitrogens is 5. The first-order valence-electron chi connectivity index (χ1n) is 5.93. The Morgan fingerprint density at radius 2 is 1.86 bits per heavy atom. The molecule has 0 unspecified atom stereocenters. The molecule has 2 heterocycles. The maximum atomic E-state index is 11.9. The minimum atomic E-state index is -0.675. The third-order valence-electron chi connectivity index (χ3n) is 2.70. The highest BCUT2D eigenvalue weighted by Crippen LogP contribution is 2.14. The molecule has 0 aliphatic carbocycles. The number of aromatic amines is 3. The van der Waals surface area contributed by atoms with E-state index in [1.54, 1.807) is 18.2 Å². The zero-order chi connectivity index (χ0) is 14.8. The van der Waals surface area contributed by atoms with E-state index >= 15 is 0 Å². The van der Waals surface area contributed by atoms with Gasteiger partial charge in [-0.3, -0.25) is 14.6 Å². The van der Waals surface area contributed by atoms with Gasteiger partial charge in [-0.05, 0) is 12.1 Å². The molecular formula is C12H9N5O3S. The van der Waals surface area contributed by atoms with Crippen LogP contribution < -0.4 is 16.8 Å². The SMILES string of the molecule is O=c1[nH]nc(SCc2nc3ccccc3[nH]c2=O)c(=O)[nH]1. The molecule has 0 aliphatic rings. The molecule has 0 saturated heterocycles. The maximum Gasteiger partial charge on any atom is 0.342 e. The molecule has 0 atom stereocenters. The van der Waals surface area contributed by atoms with Crippen LogP contribution in [0.4, 0.5) is 0 Å². The fourth-order valence-electron chi connectivity index (χ4n) is 1.74. The molecular weight excluding hydrogens is 294 g/mol. The van der Waals surface area contributed by atoms with Crippen LogP contribution in [-0.4, -0.2) is 25.1 Å². The second-order valence-corrected chi connectivity index (χ2v) is 5.09. The van der Waals surface area contributed by atoms with Gasteiger partial charge in [0.25, 0.3) is 11.1 Å². The van der Waals surface area contributed by atoms with Crippen molar-refractivity contribution in [2.24, 2.45) is 0 Å². The van der Waals surface area contributed by atoms with Crippen molar-refractivity contribution in [3.05, 3.63) is 61.2 Å². The monoisotopic (exact) mass is 303 g/mol. The molecule has 3 aromatic rings. The first-order valence-corrected chi connectivity index (χ1v) is 6.92. The zero-order valence-corrected chi connectivity index (χ0v) is 11.4. The van der Waals surface area contributed by atoms with Gasteiger partial charge in [0.2, 0.25) is 0 Å². The Morgan fingerprint density at radius 3 is 2.67 bits per heavy atom. The second-order valence-electron chi connectivity index (χ2n) is 4.13. The van der Waals surface area contributed by atoms with Crippen LogP contribution >= 0.6 is 11.8 Å². The Balaban J connectivity index is 1.91. The predicted octanol–water partition coefficient (Wildman–Crippen LogP) is -0.0130. The molecule has 0 fully saturated rings. The van der Waals surface area contributed by atoms with Crippen LogP contribution in [0.1, 0.15) is 5.69 Å². The van der Waals surface area contributed by atoms with Gasteiger partial charge in [-0.25, -0.2) is 14.9 Å². The first kappa shape index (κ1) is 13.3. The Morgan fingerprint density at radius 1 is 1.05 bits per heavy atom. The number of hydrogen-bond donors (Lipinski definition) is 3. The summed E-state index contributed by atoms with van der Waals surface area (Å²) in [6.45, 7) is 0. The number of nitrogens with zero attached hydrogens (tertiary/aromatic N) is 2. The Hall–Kier alpha value is -2.68. The zero-order valence-electron chi connectivity index (χ0n) is 10.5. The topological polar surface area (TPSA) is 124 Å². The van der Waals surface area contributed by atoms with Gasteiger partial charge in [-0.1, -0.05) is 23.9 Å². The van der Waals surface area contributed by atoms with Crippen molar-refractivity contribution < 1.29 is 0 Å². The van der Waals surface area contributed by atoms with Gasteiger partial charge in [0.1, 0.15) is 5.69 Å². The van der Waals surface area contributed by atoms with Crippen LogP contribution in [0, 0.1) is 0 Å². The van der Waals surface area contributed by atoms with Gasteiger partial charge in [0.05, 0.1) is 11.0 Å². The van der Waals surface area contributed by atoms with Crippen LogP contribution in [-0.2, 0) is 5.75 Å². The summed E-state index contributed by atoms with van der Waals surface area (Å²) in [4.78, 5) is 43.3. The normalized spacial score (nSPS) is 10.9. The number of H-pyrrole nitrogens is 3. The summed E-state index contributed by atoms with van der Waals surface area (Å²) in [5.74, 6) is 0.169. The molecule has 1 aromatic carbocycles. The molecule has 106 valence electrons. The molecule has 0 spiro atoms. The van der Waals surface area contributed by atoms with Gasteiger partial charge in [0.15, 0.2) is 5.03 Å². The van der Waals surface area contributed by atoms with Crippen LogP contribution in [0.5, 0.6) is 0 Å². The highest BCUT2D eigenvalue weighted by Gasteiger charge is 2.08. The summed E-state index contributed by atoms with van der Waals surface area (Å²) < 4.78 is 0. The van der Waals surface area contributed by atoms with E-state index in [9.17, 15) is 14.4 Å². The third kappa shape index (κ3) is 2.77. The smallest absolute Gasteiger partial charge is 0.319 e. The number of rotatable bonds is 3. The Kier molecular flexibility index (Phi) is 3.40. The fourth-order valence-corrected chi connectivity index (χ4v) is 2.50. The van der Waals surface area contributed by atoms with E-state index in [4.69, 9.17) is 0 Å².